The number of carbonyl (C=O) groups is 2. The van der Waals surface area contributed by atoms with E-state index in [4.69, 9.17) is 5.10 Å². The summed E-state index contributed by atoms with van der Waals surface area (Å²) in [4.78, 5) is 30.8. The Bertz CT molecular complexity index is 1730. The molecule has 1 aliphatic carbocycles. The van der Waals surface area contributed by atoms with Crippen LogP contribution >= 0.6 is 0 Å². The van der Waals surface area contributed by atoms with Gasteiger partial charge in [0.2, 0.25) is 11.8 Å². The van der Waals surface area contributed by atoms with Crippen molar-refractivity contribution in [2.24, 2.45) is 5.41 Å². The van der Waals surface area contributed by atoms with E-state index in [1.807, 2.05) is 13.8 Å². The van der Waals surface area contributed by atoms with Crippen molar-refractivity contribution in [3.63, 3.8) is 0 Å². The fourth-order valence-corrected chi connectivity index (χ4v) is 6.84. The number of nitrogens with one attached hydrogen (secondary N) is 1. The summed E-state index contributed by atoms with van der Waals surface area (Å²) in [6, 6.07) is 16.2. The SMILES string of the molecule is CC1(C)CN(Cc2ccc(-c3ccn(C4CC4)n3)cc2)CC[C@@]1(O)c1ccc2ncc([C@@H]3CCC(=O)NC3=O)cc2c1F. The molecule has 9 heteroatoms. The fraction of sp³-hybridized carbons (Fsp3) is 0.412. The van der Waals surface area contributed by atoms with Crippen LogP contribution in [0.2, 0.25) is 0 Å². The Morgan fingerprint density at radius 1 is 1.07 bits per heavy atom. The van der Waals surface area contributed by atoms with Gasteiger partial charge in [-0.2, -0.15) is 5.10 Å². The number of piperidine rings is 2. The van der Waals surface area contributed by atoms with Crippen LogP contribution in [-0.2, 0) is 21.7 Å². The van der Waals surface area contributed by atoms with E-state index < -0.39 is 22.8 Å². The van der Waals surface area contributed by atoms with Crippen molar-refractivity contribution in [3.8, 4) is 11.3 Å². The average Bonchev–Trinajstić information content (AvgIpc) is 3.72. The maximum absolute atomic E-state index is 16.2. The zero-order valence-electron chi connectivity index (χ0n) is 24.5. The van der Waals surface area contributed by atoms with Gasteiger partial charge in [0.1, 0.15) is 5.82 Å². The number of carbonyl (C=O) groups excluding carboxylic acids is 2. The third-order valence-corrected chi connectivity index (χ3v) is 9.62. The molecule has 2 aromatic carbocycles. The molecule has 1 saturated carbocycles. The largest absolute Gasteiger partial charge is 0.384 e. The van der Waals surface area contributed by atoms with Gasteiger partial charge in [-0.15, -0.1) is 0 Å². The van der Waals surface area contributed by atoms with Crippen molar-refractivity contribution >= 4 is 22.7 Å². The quantitative estimate of drug-likeness (QED) is 0.303. The van der Waals surface area contributed by atoms with E-state index in [1.54, 1.807) is 24.4 Å². The average molecular weight is 582 g/mol. The summed E-state index contributed by atoms with van der Waals surface area (Å²) in [6.45, 7) is 5.90. The van der Waals surface area contributed by atoms with Crippen LogP contribution in [-0.4, -0.2) is 49.7 Å². The van der Waals surface area contributed by atoms with Crippen molar-refractivity contribution in [1.29, 1.82) is 0 Å². The lowest BCUT2D eigenvalue weighted by Crippen LogP contribution is -2.55. The minimum atomic E-state index is -1.39. The van der Waals surface area contributed by atoms with Gasteiger partial charge in [0.05, 0.1) is 28.8 Å². The molecule has 4 heterocycles. The summed E-state index contributed by atoms with van der Waals surface area (Å²) in [6.07, 6.45) is 7.02. The van der Waals surface area contributed by atoms with Crippen molar-refractivity contribution in [1.82, 2.24) is 25.0 Å². The Balaban J connectivity index is 1.09. The van der Waals surface area contributed by atoms with E-state index in [0.29, 0.717) is 43.1 Å². The first-order valence-corrected chi connectivity index (χ1v) is 15.1. The molecule has 43 heavy (non-hydrogen) atoms. The van der Waals surface area contributed by atoms with Crippen LogP contribution in [0.5, 0.6) is 0 Å². The molecule has 7 rings (SSSR count). The van der Waals surface area contributed by atoms with Crippen molar-refractivity contribution in [2.45, 2.75) is 70.1 Å². The van der Waals surface area contributed by atoms with Crippen molar-refractivity contribution < 1.29 is 19.1 Å². The van der Waals surface area contributed by atoms with Crippen molar-refractivity contribution in [3.05, 3.63) is 83.4 Å². The highest BCUT2D eigenvalue weighted by atomic mass is 19.1. The number of pyridine rings is 1. The van der Waals surface area contributed by atoms with E-state index >= 15 is 4.39 Å². The molecule has 0 spiro atoms. The minimum absolute atomic E-state index is 0.233. The molecule has 222 valence electrons. The maximum atomic E-state index is 16.2. The molecule has 0 unspecified atom stereocenters. The lowest BCUT2D eigenvalue weighted by atomic mass is 9.66. The third-order valence-electron chi connectivity index (χ3n) is 9.62. The molecule has 2 aliphatic heterocycles. The Kier molecular flexibility index (Phi) is 6.70. The van der Waals surface area contributed by atoms with Gasteiger partial charge in [-0.25, -0.2) is 4.39 Å². The van der Waals surface area contributed by atoms with Gasteiger partial charge >= 0.3 is 0 Å². The van der Waals surface area contributed by atoms with E-state index in [0.717, 1.165) is 17.8 Å². The summed E-state index contributed by atoms with van der Waals surface area (Å²) in [5, 5.41) is 19.5. The molecule has 0 bridgehead atoms. The second-order valence-corrected chi connectivity index (χ2v) is 13.1. The van der Waals surface area contributed by atoms with E-state index in [-0.39, 0.29) is 29.2 Å². The molecular weight excluding hydrogens is 545 g/mol. The molecule has 3 aliphatic rings. The topological polar surface area (TPSA) is 100 Å². The Labute approximate surface area is 249 Å². The van der Waals surface area contributed by atoms with Crippen LogP contribution in [0.1, 0.15) is 74.6 Å². The molecule has 2 N–H and O–H groups in total. The van der Waals surface area contributed by atoms with Crippen LogP contribution in [0.25, 0.3) is 22.2 Å². The summed E-state index contributed by atoms with van der Waals surface area (Å²) in [5.41, 5.74) is 2.49. The second kappa shape index (κ2) is 10.3. The monoisotopic (exact) mass is 581 g/mol. The van der Waals surface area contributed by atoms with Gasteiger partial charge in [-0.3, -0.25) is 29.5 Å². The lowest BCUT2D eigenvalue weighted by Gasteiger charge is -2.50. The van der Waals surface area contributed by atoms with Crippen LogP contribution in [0, 0.1) is 11.2 Å². The molecule has 0 radical (unpaired) electrons. The minimum Gasteiger partial charge on any atom is -0.384 e. The van der Waals surface area contributed by atoms with Gasteiger partial charge in [-0.1, -0.05) is 44.2 Å². The fourth-order valence-electron chi connectivity index (χ4n) is 6.84. The Morgan fingerprint density at radius 2 is 1.86 bits per heavy atom. The van der Waals surface area contributed by atoms with Gasteiger partial charge in [-0.05, 0) is 55.0 Å². The van der Waals surface area contributed by atoms with Gasteiger partial charge in [0, 0.05) is 60.4 Å². The number of aromatic nitrogens is 3. The van der Waals surface area contributed by atoms with Gasteiger partial charge in [0.25, 0.3) is 0 Å². The summed E-state index contributed by atoms with van der Waals surface area (Å²) in [5.74, 6) is -1.76. The first-order valence-electron chi connectivity index (χ1n) is 15.1. The zero-order valence-corrected chi connectivity index (χ0v) is 24.5. The number of halogens is 1. The predicted octanol–water partition coefficient (Wildman–Crippen LogP) is 5.21. The van der Waals surface area contributed by atoms with E-state index in [2.05, 4.69) is 56.4 Å². The first-order chi connectivity index (χ1) is 20.6. The molecule has 2 saturated heterocycles. The Hall–Kier alpha value is -3.95. The van der Waals surface area contributed by atoms with Crippen LogP contribution in [0.4, 0.5) is 4.39 Å². The second-order valence-electron chi connectivity index (χ2n) is 13.1. The smallest absolute Gasteiger partial charge is 0.234 e. The number of likely N-dealkylation sites (tertiary alicyclic amines) is 1. The number of benzene rings is 2. The summed E-state index contributed by atoms with van der Waals surface area (Å²) in [7, 11) is 0. The standard InChI is InChI=1S/C34H36FN5O3/c1-33(2)20-39(19-21-3-5-22(6-4-21)28-13-15-40(38-28)24-7-8-24)16-14-34(33,43)27-10-11-29-26(31(27)35)17-23(18-36-29)25-9-12-30(41)37-32(25)42/h3-6,10-11,13,15,17-18,24-25,43H,7-9,12,14,16,19-20H2,1-2H3,(H,37,41,42)/t25-,34+/m0/s1. The van der Waals surface area contributed by atoms with Gasteiger partial charge < -0.3 is 5.11 Å². The number of rotatable bonds is 6. The molecule has 2 amide bonds. The molecule has 2 aromatic heterocycles. The highest BCUT2D eigenvalue weighted by Gasteiger charge is 2.50. The molecule has 3 fully saturated rings. The molecule has 2 atom stereocenters. The molecular formula is C34H36FN5O3. The van der Waals surface area contributed by atoms with Crippen LogP contribution in [0.15, 0.2) is 60.9 Å². The van der Waals surface area contributed by atoms with Gasteiger partial charge in [0.15, 0.2) is 0 Å². The number of nitrogens with zero attached hydrogens (tertiary/aromatic N) is 4. The first kappa shape index (κ1) is 27.9. The third kappa shape index (κ3) is 5.04. The molecule has 4 aromatic rings. The lowest BCUT2D eigenvalue weighted by molar-refractivity contribution is -0.134. The summed E-state index contributed by atoms with van der Waals surface area (Å²) < 4.78 is 18.3. The maximum Gasteiger partial charge on any atom is 0.234 e. The number of amides is 2. The number of hydrogen-bond donors (Lipinski definition) is 2. The van der Waals surface area contributed by atoms with Crippen LogP contribution < -0.4 is 5.32 Å². The highest BCUT2D eigenvalue weighted by Crippen LogP contribution is 2.48. The highest BCUT2D eigenvalue weighted by molar-refractivity contribution is 6.01. The number of fused-ring (bicyclic) bond motifs is 1. The zero-order chi connectivity index (χ0) is 29.9. The van der Waals surface area contributed by atoms with E-state index in [9.17, 15) is 14.7 Å². The Morgan fingerprint density at radius 3 is 2.58 bits per heavy atom. The number of imide groups is 1. The normalized spacial score (nSPS) is 24.3. The number of aliphatic hydroxyl groups is 1. The van der Waals surface area contributed by atoms with E-state index in [1.165, 1.54) is 18.4 Å². The predicted molar refractivity (Wildman–Crippen MR) is 160 cm³/mol. The van der Waals surface area contributed by atoms with Crippen molar-refractivity contribution in [2.75, 3.05) is 13.1 Å². The number of hydrogen-bond acceptors (Lipinski definition) is 6. The molecule has 8 nitrogen and oxygen atoms in total. The summed E-state index contributed by atoms with van der Waals surface area (Å²) >= 11 is 0. The van der Waals surface area contributed by atoms with Crippen LogP contribution in [0.3, 0.4) is 0 Å².